The Morgan fingerprint density at radius 1 is 1.24 bits per heavy atom. The summed E-state index contributed by atoms with van der Waals surface area (Å²) in [5.41, 5.74) is 5.94. The predicted octanol–water partition coefficient (Wildman–Crippen LogP) is 1.21. The molecule has 1 atom stereocenters. The van der Waals surface area contributed by atoms with E-state index in [2.05, 4.69) is 5.32 Å². The van der Waals surface area contributed by atoms with E-state index in [0.717, 1.165) is 11.8 Å². The highest BCUT2D eigenvalue weighted by molar-refractivity contribution is 7.85. The van der Waals surface area contributed by atoms with Gasteiger partial charge in [0, 0.05) is 6.92 Å². The van der Waals surface area contributed by atoms with Crippen molar-refractivity contribution in [3.63, 3.8) is 0 Å². The zero-order chi connectivity index (χ0) is 19.1. The molecular formula is C17H26N2O5S. The molecule has 0 saturated heterocycles. The van der Waals surface area contributed by atoms with E-state index in [1.165, 1.54) is 6.92 Å². The molecule has 1 unspecified atom stereocenters. The van der Waals surface area contributed by atoms with Gasteiger partial charge in [0.2, 0.25) is 11.8 Å². The Bertz CT molecular complexity index is 718. The standard InChI is InChI=1S/C17H26N2O5S/c1-4-14-9-5-6-10-15(14)17(16(18)21,19-13(2)20)11-7-8-12-24-25(3,22)23/h5-6,9-10H,4,7-8,11-12H2,1-3H3,(H2,18,21)(H,19,20). The summed E-state index contributed by atoms with van der Waals surface area (Å²) in [5, 5.41) is 2.72. The Hall–Kier alpha value is -1.93. The zero-order valence-electron chi connectivity index (χ0n) is 14.9. The molecule has 0 fully saturated rings. The highest BCUT2D eigenvalue weighted by atomic mass is 32.2. The summed E-state index contributed by atoms with van der Waals surface area (Å²) in [6.07, 6.45) is 2.79. The lowest BCUT2D eigenvalue weighted by molar-refractivity contribution is -0.131. The van der Waals surface area contributed by atoms with Crippen molar-refractivity contribution < 1.29 is 22.2 Å². The van der Waals surface area contributed by atoms with Crippen molar-refractivity contribution in [1.82, 2.24) is 5.32 Å². The largest absolute Gasteiger partial charge is 0.367 e. The van der Waals surface area contributed by atoms with E-state index in [9.17, 15) is 18.0 Å². The van der Waals surface area contributed by atoms with Crippen LogP contribution in [0.2, 0.25) is 0 Å². The third-order valence-corrected chi connectivity index (χ3v) is 4.51. The SMILES string of the molecule is CCc1ccccc1C(CCCCOS(C)(=O)=O)(NC(C)=O)C(N)=O. The molecule has 0 radical (unpaired) electrons. The van der Waals surface area contributed by atoms with Gasteiger partial charge in [0.15, 0.2) is 0 Å². The number of aryl methyl sites for hydroxylation is 1. The first-order valence-electron chi connectivity index (χ1n) is 8.14. The zero-order valence-corrected chi connectivity index (χ0v) is 15.7. The van der Waals surface area contributed by atoms with E-state index in [4.69, 9.17) is 9.92 Å². The summed E-state index contributed by atoms with van der Waals surface area (Å²) in [4.78, 5) is 24.1. The van der Waals surface area contributed by atoms with Crippen molar-refractivity contribution in [1.29, 1.82) is 0 Å². The van der Waals surface area contributed by atoms with E-state index in [-0.39, 0.29) is 18.9 Å². The Labute approximate surface area is 149 Å². The molecule has 7 nitrogen and oxygen atoms in total. The predicted molar refractivity (Wildman–Crippen MR) is 95.2 cm³/mol. The second kappa shape index (κ2) is 8.96. The normalized spacial score (nSPS) is 13.9. The van der Waals surface area contributed by atoms with Crippen molar-refractivity contribution in [3.05, 3.63) is 35.4 Å². The molecule has 0 aliphatic heterocycles. The lowest BCUT2D eigenvalue weighted by Gasteiger charge is -2.33. The molecule has 1 aromatic rings. The molecule has 140 valence electrons. The lowest BCUT2D eigenvalue weighted by Crippen LogP contribution is -2.54. The summed E-state index contributed by atoms with van der Waals surface area (Å²) in [7, 11) is -3.50. The monoisotopic (exact) mass is 370 g/mol. The van der Waals surface area contributed by atoms with Gasteiger partial charge in [-0.15, -0.1) is 0 Å². The van der Waals surface area contributed by atoms with Crippen molar-refractivity contribution in [2.75, 3.05) is 12.9 Å². The van der Waals surface area contributed by atoms with Crippen LogP contribution in [-0.2, 0) is 35.9 Å². The maximum Gasteiger partial charge on any atom is 0.264 e. The fourth-order valence-electron chi connectivity index (χ4n) is 2.83. The summed E-state index contributed by atoms with van der Waals surface area (Å²) in [6.45, 7) is 3.31. The lowest BCUT2D eigenvalue weighted by atomic mass is 9.80. The number of benzene rings is 1. The smallest absolute Gasteiger partial charge is 0.264 e. The van der Waals surface area contributed by atoms with Crippen LogP contribution in [0, 0.1) is 0 Å². The van der Waals surface area contributed by atoms with Gasteiger partial charge in [-0.25, -0.2) is 0 Å². The van der Waals surface area contributed by atoms with Crippen LogP contribution in [0.15, 0.2) is 24.3 Å². The van der Waals surface area contributed by atoms with Crippen LogP contribution in [0.4, 0.5) is 0 Å². The minimum atomic E-state index is -3.50. The molecule has 0 spiro atoms. The summed E-state index contributed by atoms with van der Waals surface area (Å²) >= 11 is 0. The van der Waals surface area contributed by atoms with Gasteiger partial charge in [-0.2, -0.15) is 8.42 Å². The number of carbonyl (C=O) groups excluding carboxylic acids is 2. The first-order valence-corrected chi connectivity index (χ1v) is 9.95. The molecule has 0 bridgehead atoms. The van der Waals surface area contributed by atoms with Crippen molar-refractivity contribution in [2.24, 2.45) is 5.73 Å². The van der Waals surface area contributed by atoms with Gasteiger partial charge in [-0.05, 0) is 36.8 Å². The molecule has 0 aliphatic carbocycles. The van der Waals surface area contributed by atoms with Crippen molar-refractivity contribution >= 4 is 21.9 Å². The topological polar surface area (TPSA) is 116 Å². The maximum absolute atomic E-state index is 12.3. The Balaban J connectivity index is 3.07. The Kier molecular flexibility index (Phi) is 7.57. The van der Waals surface area contributed by atoms with Crippen LogP contribution in [0.1, 0.15) is 44.2 Å². The molecule has 0 aromatic heterocycles. The molecule has 3 N–H and O–H groups in total. The molecule has 8 heteroatoms. The van der Waals surface area contributed by atoms with Gasteiger partial charge in [-0.1, -0.05) is 31.2 Å². The molecular weight excluding hydrogens is 344 g/mol. The number of amides is 2. The molecule has 25 heavy (non-hydrogen) atoms. The van der Waals surface area contributed by atoms with Crippen LogP contribution in [0.25, 0.3) is 0 Å². The number of primary amides is 1. The van der Waals surface area contributed by atoms with Gasteiger partial charge in [0.05, 0.1) is 12.9 Å². The molecule has 0 aliphatic rings. The average molecular weight is 370 g/mol. The third-order valence-electron chi connectivity index (χ3n) is 3.91. The number of rotatable bonds is 10. The second-order valence-corrected chi connectivity index (χ2v) is 7.59. The maximum atomic E-state index is 12.3. The minimum absolute atomic E-state index is 0.0170. The molecule has 2 amide bonds. The van der Waals surface area contributed by atoms with Crippen LogP contribution in [0.3, 0.4) is 0 Å². The highest BCUT2D eigenvalue weighted by Gasteiger charge is 2.40. The van der Waals surface area contributed by atoms with E-state index in [0.29, 0.717) is 24.8 Å². The van der Waals surface area contributed by atoms with E-state index < -0.39 is 21.6 Å². The van der Waals surface area contributed by atoms with E-state index in [1.54, 1.807) is 12.1 Å². The number of nitrogens with two attached hydrogens (primary N) is 1. The second-order valence-electron chi connectivity index (χ2n) is 5.94. The van der Waals surface area contributed by atoms with Crippen molar-refractivity contribution in [2.45, 2.75) is 45.1 Å². The van der Waals surface area contributed by atoms with Crippen LogP contribution in [-0.4, -0.2) is 33.1 Å². The first kappa shape index (κ1) is 21.1. The average Bonchev–Trinajstić information content (AvgIpc) is 2.51. The Morgan fingerprint density at radius 3 is 2.40 bits per heavy atom. The number of hydrogen-bond acceptors (Lipinski definition) is 5. The molecule has 0 heterocycles. The van der Waals surface area contributed by atoms with Crippen molar-refractivity contribution in [3.8, 4) is 0 Å². The number of nitrogens with one attached hydrogen (secondary N) is 1. The Morgan fingerprint density at radius 2 is 1.88 bits per heavy atom. The molecule has 1 aromatic carbocycles. The summed E-state index contributed by atoms with van der Waals surface area (Å²) in [6, 6.07) is 7.33. The van der Waals surface area contributed by atoms with Crippen LogP contribution in [0.5, 0.6) is 0 Å². The van der Waals surface area contributed by atoms with Gasteiger partial charge in [-0.3, -0.25) is 13.8 Å². The van der Waals surface area contributed by atoms with E-state index in [1.807, 2.05) is 19.1 Å². The highest BCUT2D eigenvalue weighted by Crippen LogP contribution is 2.30. The van der Waals surface area contributed by atoms with Crippen LogP contribution >= 0.6 is 0 Å². The van der Waals surface area contributed by atoms with Gasteiger partial charge < -0.3 is 11.1 Å². The summed E-state index contributed by atoms with van der Waals surface area (Å²) < 4.78 is 26.7. The first-order chi connectivity index (χ1) is 11.6. The molecule has 1 rings (SSSR count). The molecule has 0 saturated carbocycles. The quantitative estimate of drug-likeness (QED) is 0.474. The number of hydrogen-bond donors (Lipinski definition) is 2. The van der Waals surface area contributed by atoms with Gasteiger partial charge >= 0.3 is 0 Å². The van der Waals surface area contributed by atoms with Gasteiger partial charge in [0.25, 0.3) is 10.1 Å². The van der Waals surface area contributed by atoms with Crippen LogP contribution < -0.4 is 11.1 Å². The fourth-order valence-corrected chi connectivity index (χ4v) is 3.25. The van der Waals surface area contributed by atoms with E-state index >= 15 is 0 Å². The number of carbonyl (C=O) groups is 2. The fraction of sp³-hybridized carbons (Fsp3) is 0.529. The minimum Gasteiger partial charge on any atom is -0.367 e. The number of unbranched alkanes of at least 4 members (excludes halogenated alkanes) is 1. The third kappa shape index (κ3) is 6.13. The van der Waals surface area contributed by atoms with Gasteiger partial charge in [0.1, 0.15) is 5.54 Å². The summed E-state index contributed by atoms with van der Waals surface area (Å²) in [5.74, 6) is -1.01.